The molecule has 0 aliphatic heterocycles. The summed E-state index contributed by atoms with van der Waals surface area (Å²) in [7, 11) is 0. The van der Waals surface area contributed by atoms with Crippen LogP contribution in [-0.4, -0.2) is 11.1 Å². The van der Waals surface area contributed by atoms with Gasteiger partial charge in [0.15, 0.2) is 0 Å². The SMILES string of the molecule is Cc1csc(CC(N)c2ccc(OC3CC3)cc2)n1. The van der Waals surface area contributed by atoms with E-state index in [2.05, 4.69) is 22.5 Å². The Kier molecular flexibility index (Phi) is 3.53. The van der Waals surface area contributed by atoms with Crippen LogP contribution in [0, 0.1) is 6.92 Å². The first-order valence-electron chi connectivity index (χ1n) is 6.64. The molecule has 1 fully saturated rings. The Labute approximate surface area is 117 Å². The van der Waals surface area contributed by atoms with Crippen LogP contribution in [0.1, 0.15) is 35.1 Å². The Balaban J connectivity index is 1.63. The van der Waals surface area contributed by atoms with Crippen molar-refractivity contribution in [1.29, 1.82) is 0 Å². The second-order valence-electron chi connectivity index (χ2n) is 5.08. The van der Waals surface area contributed by atoms with Crippen LogP contribution in [0.4, 0.5) is 0 Å². The fourth-order valence-electron chi connectivity index (χ4n) is 1.97. The molecule has 0 saturated heterocycles. The minimum Gasteiger partial charge on any atom is -0.490 e. The fourth-order valence-corrected chi connectivity index (χ4v) is 2.81. The molecule has 0 amide bonds. The number of nitrogens with two attached hydrogens (primary N) is 1. The molecule has 19 heavy (non-hydrogen) atoms. The summed E-state index contributed by atoms with van der Waals surface area (Å²) in [5, 5.41) is 3.16. The molecule has 1 aliphatic carbocycles. The predicted octanol–water partition coefficient (Wildman–Crippen LogP) is 3.24. The van der Waals surface area contributed by atoms with Gasteiger partial charge in [-0.15, -0.1) is 11.3 Å². The van der Waals surface area contributed by atoms with E-state index >= 15 is 0 Å². The van der Waals surface area contributed by atoms with Crippen molar-refractivity contribution >= 4 is 11.3 Å². The fraction of sp³-hybridized carbons (Fsp3) is 0.400. The first-order valence-corrected chi connectivity index (χ1v) is 7.52. The second-order valence-corrected chi connectivity index (χ2v) is 6.02. The zero-order valence-corrected chi connectivity index (χ0v) is 11.8. The van der Waals surface area contributed by atoms with Gasteiger partial charge in [0, 0.05) is 23.5 Å². The highest BCUT2D eigenvalue weighted by Gasteiger charge is 2.23. The lowest BCUT2D eigenvalue weighted by Gasteiger charge is -2.11. The number of nitrogens with zero attached hydrogens (tertiary/aromatic N) is 1. The Morgan fingerprint density at radius 2 is 2.11 bits per heavy atom. The molecule has 0 bridgehead atoms. The third-order valence-corrected chi connectivity index (χ3v) is 4.19. The van der Waals surface area contributed by atoms with Crippen LogP contribution in [0.2, 0.25) is 0 Å². The van der Waals surface area contributed by atoms with Crippen molar-refractivity contribution < 1.29 is 4.74 Å². The van der Waals surface area contributed by atoms with Crippen molar-refractivity contribution in [3.05, 3.63) is 45.9 Å². The third kappa shape index (κ3) is 3.33. The summed E-state index contributed by atoms with van der Waals surface area (Å²) in [5.41, 5.74) is 8.43. The number of aryl methyl sites for hydroxylation is 1. The van der Waals surface area contributed by atoms with E-state index in [1.807, 2.05) is 19.1 Å². The van der Waals surface area contributed by atoms with Crippen LogP contribution in [0.25, 0.3) is 0 Å². The van der Waals surface area contributed by atoms with Gasteiger partial charge < -0.3 is 10.5 Å². The number of hydrogen-bond acceptors (Lipinski definition) is 4. The topological polar surface area (TPSA) is 48.1 Å². The van der Waals surface area contributed by atoms with E-state index < -0.39 is 0 Å². The van der Waals surface area contributed by atoms with Crippen LogP contribution in [0.5, 0.6) is 5.75 Å². The summed E-state index contributed by atoms with van der Waals surface area (Å²) in [5.74, 6) is 0.948. The zero-order chi connectivity index (χ0) is 13.2. The molecule has 1 aromatic carbocycles. The van der Waals surface area contributed by atoms with E-state index in [9.17, 15) is 0 Å². The summed E-state index contributed by atoms with van der Waals surface area (Å²) in [6, 6.07) is 8.15. The van der Waals surface area contributed by atoms with Crippen LogP contribution < -0.4 is 10.5 Å². The third-order valence-electron chi connectivity index (χ3n) is 3.20. The summed E-state index contributed by atoms with van der Waals surface area (Å²) in [6.07, 6.45) is 3.61. The van der Waals surface area contributed by atoms with Crippen molar-refractivity contribution in [3.8, 4) is 5.75 Å². The first-order chi connectivity index (χ1) is 9.20. The van der Waals surface area contributed by atoms with Crippen LogP contribution in [0.15, 0.2) is 29.6 Å². The molecule has 1 saturated carbocycles. The molecule has 1 aliphatic rings. The van der Waals surface area contributed by atoms with Crippen LogP contribution in [-0.2, 0) is 6.42 Å². The molecule has 3 rings (SSSR count). The standard InChI is InChI=1S/C15H18N2OS/c1-10-9-19-15(17-10)8-14(16)11-2-4-12(5-3-11)18-13-6-7-13/h2-5,9,13-14H,6-8,16H2,1H3. The number of ether oxygens (including phenoxy) is 1. The molecule has 3 nitrogen and oxygen atoms in total. The average Bonchev–Trinajstić information content (AvgIpc) is 3.12. The van der Waals surface area contributed by atoms with E-state index in [4.69, 9.17) is 10.5 Å². The van der Waals surface area contributed by atoms with Crippen LogP contribution >= 0.6 is 11.3 Å². The number of rotatable bonds is 5. The van der Waals surface area contributed by atoms with Gasteiger partial charge in [-0.25, -0.2) is 4.98 Å². The second kappa shape index (κ2) is 5.31. The first kappa shape index (κ1) is 12.6. The predicted molar refractivity (Wildman–Crippen MR) is 77.6 cm³/mol. The zero-order valence-electron chi connectivity index (χ0n) is 11.0. The van der Waals surface area contributed by atoms with Crippen molar-refractivity contribution in [2.45, 2.75) is 38.3 Å². The van der Waals surface area contributed by atoms with Crippen molar-refractivity contribution in [3.63, 3.8) is 0 Å². The van der Waals surface area contributed by atoms with Gasteiger partial charge in [0.25, 0.3) is 0 Å². The van der Waals surface area contributed by atoms with E-state index in [0.29, 0.717) is 6.10 Å². The van der Waals surface area contributed by atoms with Gasteiger partial charge in [0.1, 0.15) is 5.75 Å². The van der Waals surface area contributed by atoms with Gasteiger partial charge in [0.2, 0.25) is 0 Å². The lowest BCUT2D eigenvalue weighted by molar-refractivity contribution is 0.303. The van der Waals surface area contributed by atoms with E-state index in [1.165, 1.54) is 12.8 Å². The van der Waals surface area contributed by atoms with Crippen molar-refractivity contribution in [1.82, 2.24) is 4.98 Å². The van der Waals surface area contributed by atoms with Crippen LogP contribution in [0.3, 0.4) is 0 Å². The van der Waals surface area contributed by atoms with Gasteiger partial charge in [-0.1, -0.05) is 12.1 Å². The number of aromatic nitrogens is 1. The van der Waals surface area contributed by atoms with E-state index in [0.717, 1.165) is 28.4 Å². The average molecular weight is 274 g/mol. The molecule has 2 aromatic rings. The monoisotopic (exact) mass is 274 g/mol. The van der Waals surface area contributed by atoms with Crippen molar-refractivity contribution in [2.24, 2.45) is 5.73 Å². The Morgan fingerprint density at radius 3 is 2.68 bits per heavy atom. The van der Waals surface area contributed by atoms with Gasteiger partial charge in [-0.3, -0.25) is 0 Å². The summed E-state index contributed by atoms with van der Waals surface area (Å²) in [6.45, 7) is 2.01. The molecule has 2 N–H and O–H groups in total. The summed E-state index contributed by atoms with van der Waals surface area (Å²) in [4.78, 5) is 4.46. The maximum atomic E-state index is 6.23. The number of hydrogen-bond donors (Lipinski definition) is 1. The molecule has 1 atom stereocenters. The van der Waals surface area contributed by atoms with Gasteiger partial charge in [-0.2, -0.15) is 0 Å². The quantitative estimate of drug-likeness (QED) is 0.910. The lowest BCUT2D eigenvalue weighted by Crippen LogP contribution is -2.13. The Hall–Kier alpha value is -1.39. The molecule has 1 unspecified atom stereocenters. The molecule has 1 heterocycles. The molecule has 0 radical (unpaired) electrons. The molecular formula is C15H18N2OS. The molecule has 4 heteroatoms. The van der Waals surface area contributed by atoms with Crippen molar-refractivity contribution in [2.75, 3.05) is 0 Å². The normalized spacial score (nSPS) is 16.3. The molecule has 100 valence electrons. The molecule has 1 aromatic heterocycles. The highest BCUT2D eigenvalue weighted by molar-refractivity contribution is 7.09. The van der Waals surface area contributed by atoms with E-state index in [-0.39, 0.29) is 6.04 Å². The van der Waals surface area contributed by atoms with Gasteiger partial charge >= 0.3 is 0 Å². The highest BCUT2D eigenvalue weighted by atomic mass is 32.1. The number of thiazole rings is 1. The Bertz CT molecular complexity index is 546. The lowest BCUT2D eigenvalue weighted by atomic mass is 10.1. The van der Waals surface area contributed by atoms with Gasteiger partial charge in [0.05, 0.1) is 11.1 Å². The highest BCUT2D eigenvalue weighted by Crippen LogP contribution is 2.27. The largest absolute Gasteiger partial charge is 0.490 e. The van der Waals surface area contributed by atoms with Gasteiger partial charge in [-0.05, 0) is 37.5 Å². The minimum atomic E-state index is 0.000486. The smallest absolute Gasteiger partial charge is 0.119 e. The van der Waals surface area contributed by atoms with E-state index in [1.54, 1.807) is 11.3 Å². The minimum absolute atomic E-state index is 0.000486. The molecular weight excluding hydrogens is 256 g/mol. The Morgan fingerprint density at radius 1 is 1.37 bits per heavy atom. The summed E-state index contributed by atoms with van der Waals surface area (Å²) >= 11 is 1.68. The molecule has 0 spiro atoms. The maximum absolute atomic E-state index is 6.23. The number of benzene rings is 1. The summed E-state index contributed by atoms with van der Waals surface area (Å²) < 4.78 is 5.73. The maximum Gasteiger partial charge on any atom is 0.119 e.